The number of amides is 1. The van der Waals surface area contributed by atoms with Crippen LogP contribution in [0.1, 0.15) is 55.2 Å². The number of fused-ring (bicyclic) bond motifs is 4. The van der Waals surface area contributed by atoms with Gasteiger partial charge in [-0.2, -0.15) is 0 Å². The van der Waals surface area contributed by atoms with Gasteiger partial charge in [-0.1, -0.05) is 61.2 Å². The van der Waals surface area contributed by atoms with E-state index in [9.17, 15) is 4.79 Å². The highest BCUT2D eigenvalue weighted by Gasteiger charge is 2.47. The van der Waals surface area contributed by atoms with Crippen molar-refractivity contribution in [1.29, 1.82) is 0 Å². The van der Waals surface area contributed by atoms with E-state index in [0.29, 0.717) is 6.42 Å². The van der Waals surface area contributed by atoms with Crippen molar-refractivity contribution in [2.45, 2.75) is 51.0 Å². The molecule has 0 atom stereocenters. The number of carbonyl (C=O) groups excluding carboxylic acids is 1. The maximum absolute atomic E-state index is 13.0. The van der Waals surface area contributed by atoms with Gasteiger partial charge in [0.1, 0.15) is 0 Å². The summed E-state index contributed by atoms with van der Waals surface area (Å²) in [5.41, 5.74) is 6.01. The average molecular weight is 358 g/mol. The minimum atomic E-state index is -0.191. The van der Waals surface area contributed by atoms with Gasteiger partial charge in [-0.15, -0.1) is 0 Å². The quantitative estimate of drug-likeness (QED) is 0.708. The zero-order valence-electron chi connectivity index (χ0n) is 15.9. The third-order valence-electron chi connectivity index (χ3n) is 6.37. The number of carbonyl (C=O) groups is 1. The normalized spacial score (nSPS) is 20.9. The molecule has 0 unspecified atom stereocenters. The molecule has 0 radical (unpaired) electrons. The summed E-state index contributed by atoms with van der Waals surface area (Å²) in [5, 5.41) is 4.39. The largest absolute Gasteiger partial charge is 0.281 e. The highest BCUT2D eigenvalue weighted by Crippen LogP contribution is 2.47. The van der Waals surface area contributed by atoms with Crippen LogP contribution in [0, 0.1) is 6.92 Å². The first-order valence-corrected chi connectivity index (χ1v) is 10.2. The van der Waals surface area contributed by atoms with Crippen LogP contribution >= 0.6 is 0 Å². The molecule has 1 amide bonds. The fourth-order valence-corrected chi connectivity index (χ4v) is 5.13. The molecule has 2 fully saturated rings. The molecule has 138 valence electrons. The van der Waals surface area contributed by atoms with Crippen LogP contribution in [0.25, 0.3) is 5.57 Å². The minimum absolute atomic E-state index is 0.191. The van der Waals surface area contributed by atoms with Crippen LogP contribution in [0.3, 0.4) is 0 Å². The Kier molecular flexibility index (Phi) is 3.85. The molecule has 2 aromatic rings. The van der Waals surface area contributed by atoms with Crippen molar-refractivity contribution in [3.05, 3.63) is 71.3 Å². The summed E-state index contributed by atoms with van der Waals surface area (Å²) in [6, 6.07) is 17.3. The number of hydrogen-bond acceptors (Lipinski definition) is 2. The number of rotatable bonds is 1. The predicted molar refractivity (Wildman–Crippen MR) is 109 cm³/mol. The summed E-state index contributed by atoms with van der Waals surface area (Å²) in [4.78, 5) is 13.0. The van der Waals surface area contributed by atoms with E-state index in [1.165, 1.54) is 47.2 Å². The van der Waals surface area contributed by atoms with Gasteiger partial charge in [0.05, 0.1) is 11.2 Å². The van der Waals surface area contributed by atoms with Crippen LogP contribution < -0.4 is 5.01 Å². The van der Waals surface area contributed by atoms with Crippen molar-refractivity contribution >= 4 is 17.2 Å². The molecule has 3 heteroatoms. The molecule has 3 aliphatic rings. The van der Waals surface area contributed by atoms with Crippen molar-refractivity contribution < 1.29 is 4.79 Å². The Bertz CT molecular complexity index is 909. The Morgan fingerprint density at radius 3 is 2.52 bits per heavy atom. The Hall–Kier alpha value is -2.55. The van der Waals surface area contributed by atoms with E-state index in [-0.39, 0.29) is 11.4 Å². The second-order valence-corrected chi connectivity index (χ2v) is 8.19. The summed E-state index contributed by atoms with van der Waals surface area (Å²) in [6.45, 7) is 2.93. The van der Waals surface area contributed by atoms with Crippen LogP contribution in [0.4, 0.5) is 5.69 Å². The molecule has 1 saturated heterocycles. The lowest BCUT2D eigenvalue weighted by atomic mass is 9.78. The summed E-state index contributed by atoms with van der Waals surface area (Å²) < 4.78 is 0. The lowest BCUT2D eigenvalue weighted by Gasteiger charge is -2.46. The molecule has 3 nitrogen and oxygen atoms in total. The molecule has 5 rings (SSSR count). The van der Waals surface area contributed by atoms with Gasteiger partial charge in [-0.05, 0) is 49.1 Å². The van der Waals surface area contributed by atoms with Gasteiger partial charge in [0.25, 0.3) is 0 Å². The zero-order valence-corrected chi connectivity index (χ0v) is 15.9. The van der Waals surface area contributed by atoms with E-state index in [1.807, 2.05) is 0 Å². The smallest absolute Gasteiger partial charge is 0.243 e. The summed E-state index contributed by atoms with van der Waals surface area (Å²) in [7, 11) is 0. The van der Waals surface area contributed by atoms with Crippen LogP contribution in [-0.2, 0) is 4.79 Å². The second-order valence-electron chi connectivity index (χ2n) is 8.19. The van der Waals surface area contributed by atoms with E-state index in [2.05, 4.69) is 71.5 Å². The molecule has 0 bridgehead atoms. The maximum atomic E-state index is 13.0. The highest BCUT2D eigenvalue weighted by molar-refractivity contribution is 5.92. The van der Waals surface area contributed by atoms with Crippen molar-refractivity contribution in [2.24, 2.45) is 0 Å². The molecule has 2 heterocycles. The van der Waals surface area contributed by atoms with Gasteiger partial charge in [0.15, 0.2) is 0 Å². The van der Waals surface area contributed by atoms with E-state index < -0.39 is 0 Å². The topological polar surface area (TPSA) is 23.6 Å². The van der Waals surface area contributed by atoms with Crippen LogP contribution in [0.5, 0.6) is 0 Å². The van der Waals surface area contributed by atoms with E-state index in [0.717, 1.165) is 19.4 Å². The summed E-state index contributed by atoms with van der Waals surface area (Å²) >= 11 is 0. The van der Waals surface area contributed by atoms with E-state index in [1.54, 1.807) is 0 Å². The molecule has 1 aliphatic carbocycles. The fourth-order valence-electron chi connectivity index (χ4n) is 5.13. The Balaban J connectivity index is 1.79. The van der Waals surface area contributed by atoms with Gasteiger partial charge in [0.2, 0.25) is 5.91 Å². The SMILES string of the molecule is Cc1ccc2c(c1)C(c1ccccc1)=CC1(CCCCC1)N1C(=O)CCN21. The first kappa shape index (κ1) is 16.6. The number of nitrogens with zero attached hydrogens (tertiary/aromatic N) is 2. The molecule has 0 aromatic heterocycles. The molecule has 0 N–H and O–H groups in total. The van der Waals surface area contributed by atoms with Gasteiger partial charge >= 0.3 is 0 Å². The standard InChI is InChI=1S/C24H26N2O/c1-18-10-11-22-20(16-18)21(19-8-4-2-5-9-19)17-24(13-6-3-7-14-24)26-23(27)12-15-25(22)26/h2,4-5,8-11,16-17H,3,6-7,12-15H2,1H3. The van der Waals surface area contributed by atoms with E-state index >= 15 is 0 Å². The summed E-state index contributed by atoms with van der Waals surface area (Å²) in [5.74, 6) is 0.272. The fraction of sp³-hybridized carbons (Fsp3) is 0.375. The third kappa shape index (κ3) is 2.60. The Morgan fingerprint density at radius 2 is 1.74 bits per heavy atom. The molecule has 1 saturated carbocycles. The third-order valence-corrected chi connectivity index (χ3v) is 6.37. The number of hydrazine groups is 1. The van der Waals surface area contributed by atoms with Gasteiger partial charge in [-0.25, -0.2) is 5.01 Å². The first-order valence-electron chi connectivity index (χ1n) is 10.2. The van der Waals surface area contributed by atoms with Crippen LogP contribution in [0.15, 0.2) is 54.6 Å². The molecule has 2 aliphatic heterocycles. The lowest BCUT2D eigenvalue weighted by Crippen LogP contribution is -2.55. The van der Waals surface area contributed by atoms with Crippen LogP contribution in [0.2, 0.25) is 0 Å². The van der Waals surface area contributed by atoms with Crippen molar-refractivity contribution in [1.82, 2.24) is 5.01 Å². The lowest BCUT2D eigenvalue weighted by molar-refractivity contribution is -0.133. The highest BCUT2D eigenvalue weighted by atomic mass is 16.2. The minimum Gasteiger partial charge on any atom is -0.281 e. The van der Waals surface area contributed by atoms with Crippen molar-refractivity contribution in [3.63, 3.8) is 0 Å². The molecule has 1 spiro atoms. The summed E-state index contributed by atoms with van der Waals surface area (Å²) in [6.07, 6.45) is 8.80. The number of anilines is 1. The van der Waals surface area contributed by atoms with Crippen molar-refractivity contribution in [3.8, 4) is 0 Å². The molecular weight excluding hydrogens is 332 g/mol. The first-order chi connectivity index (χ1) is 13.2. The Morgan fingerprint density at radius 1 is 0.963 bits per heavy atom. The Labute approximate surface area is 161 Å². The monoisotopic (exact) mass is 358 g/mol. The van der Waals surface area contributed by atoms with Gasteiger partial charge in [0, 0.05) is 18.5 Å². The number of benzene rings is 2. The van der Waals surface area contributed by atoms with Gasteiger partial charge < -0.3 is 0 Å². The predicted octanol–water partition coefficient (Wildman–Crippen LogP) is 5.10. The number of hydrogen-bond donors (Lipinski definition) is 0. The van der Waals surface area contributed by atoms with E-state index in [4.69, 9.17) is 0 Å². The second kappa shape index (κ2) is 6.26. The number of aryl methyl sites for hydroxylation is 1. The maximum Gasteiger partial charge on any atom is 0.243 e. The molecule has 27 heavy (non-hydrogen) atoms. The average Bonchev–Trinajstić information content (AvgIpc) is 3.05. The molecular formula is C24H26N2O. The van der Waals surface area contributed by atoms with Crippen LogP contribution in [-0.4, -0.2) is 23.0 Å². The molecule has 2 aromatic carbocycles. The zero-order chi connectivity index (χ0) is 18.4. The van der Waals surface area contributed by atoms with Gasteiger partial charge in [-0.3, -0.25) is 9.80 Å². The van der Waals surface area contributed by atoms with Crippen molar-refractivity contribution in [2.75, 3.05) is 11.6 Å².